The molecule has 2 aromatic carbocycles. The van der Waals surface area contributed by atoms with Gasteiger partial charge in [-0.05, 0) is 24.3 Å². The van der Waals surface area contributed by atoms with Crippen LogP contribution in [0.3, 0.4) is 0 Å². The smallest absolute Gasteiger partial charge is 0.322 e. The molecule has 8 nitrogen and oxygen atoms in total. The molecule has 138 valence electrons. The van der Waals surface area contributed by atoms with Crippen molar-refractivity contribution in [3.8, 4) is 17.4 Å². The minimum Gasteiger partial charge on any atom is -0.421 e. The first-order chi connectivity index (χ1) is 13.7. The molecule has 0 unspecified atom stereocenters. The normalized spacial score (nSPS) is 10.5. The molecule has 0 saturated heterocycles. The molecule has 1 amide bonds. The number of benzene rings is 2. The van der Waals surface area contributed by atoms with Gasteiger partial charge in [0.25, 0.3) is 5.91 Å². The molecule has 4 aromatic rings. The molecule has 28 heavy (non-hydrogen) atoms. The number of carbonyl (C=O) groups excluding carboxylic acids is 1. The Morgan fingerprint density at radius 2 is 1.68 bits per heavy atom. The number of halogens is 1. The zero-order valence-corrected chi connectivity index (χ0v) is 14.4. The SMILES string of the molecule is O=C(Nc1cnc(Oc2ccccc2F)nc1)c1cnn(-c2ccccc2)n1. The summed E-state index contributed by atoms with van der Waals surface area (Å²) in [6, 6.07) is 15.1. The zero-order valence-electron chi connectivity index (χ0n) is 14.4. The summed E-state index contributed by atoms with van der Waals surface area (Å²) in [5.41, 5.74) is 1.20. The molecule has 0 atom stereocenters. The van der Waals surface area contributed by atoms with Crippen molar-refractivity contribution in [2.75, 3.05) is 5.32 Å². The van der Waals surface area contributed by atoms with Crippen molar-refractivity contribution in [3.05, 3.63) is 84.7 Å². The minimum absolute atomic E-state index is 0.0109. The summed E-state index contributed by atoms with van der Waals surface area (Å²) in [5.74, 6) is -0.977. The molecule has 0 saturated carbocycles. The number of amides is 1. The second-order valence-electron chi connectivity index (χ2n) is 5.60. The van der Waals surface area contributed by atoms with Gasteiger partial charge in [-0.15, -0.1) is 5.10 Å². The van der Waals surface area contributed by atoms with Crippen molar-refractivity contribution in [2.24, 2.45) is 0 Å². The molecule has 9 heteroatoms. The fourth-order valence-electron chi connectivity index (χ4n) is 2.31. The van der Waals surface area contributed by atoms with E-state index in [-0.39, 0.29) is 17.5 Å². The van der Waals surface area contributed by atoms with Crippen molar-refractivity contribution in [1.29, 1.82) is 0 Å². The Morgan fingerprint density at radius 1 is 0.964 bits per heavy atom. The Labute approximate surface area is 158 Å². The molecule has 2 heterocycles. The number of ether oxygens (including phenoxy) is 1. The highest BCUT2D eigenvalue weighted by Gasteiger charge is 2.13. The maximum absolute atomic E-state index is 13.6. The van der Waals surface area contributed by atoms with Gasteiger partial charge in [0.15, 0.2) is 17.3 Å². The van der Waals surface area contributed by atoms with Crippen LogP contribution in [0.25, 0.3) is 5.69 Å². The van der Waals surface area contributed by atoms with Crippen LogP contribution in [-0.2, 0) is 0 Å². The maximum Gasteiger partial charge on any atom is 0.322 e. The van der Waals surface area contributed by atoms with Gasteiger partial charge in [0, 0.05) is 0 Å². The molecule has 1 N–H and O–H groups in total. The summed E-state index contributed by atoms with van der Waals surface area (Å²) in [4.78, 5) is 21.6. The van der Waals surface area contributed by atoms with Crippen LogP contribution in [0.5, 0.6) is 11.8 Å². The van der Waals surface area contributed by atoms with Gasteiger partial charge >= 0.3 is 6.01 Å². The van der Waals surface area contributed by atoms with Gasteiger partial charge in [0.2, 0.25) is 0 Å². The van der Waals surface area contributed by atoms with E-state index in [2.05, 4.69) is 25.5 Å². The van der Waals surface area contributed by atoms with Crippen molar-refractivity contribution in [3.63, 3.8) is 0 Å². The molecule has 0 fully saturated rings. The van der Waals surface area contributed by atoms with Gasteiger partial charge in [-0.1, -0.05) is 30.3 Å². The molecule has 0 spiro atoms. The fraction of sp³-hybridized carbons (Fsp3) is 0. The predicted molar refractivity (Wildman–Crippen MR) is 97.8 cm³/mol. The van der Waals surface area contributed by atoms with Crippen LogP contribution in [0.1, 0.15) is 10.5 Å². The van der Waals surface area contributed by atoms with Gasteiger partial charge in [-0.2, -0.15) is 9.90 Å². The van der Waals surface area contributed by atoms with Crippen molar-refractivity contribution < 1.29 is 13.9 Å². The van der Waals surface area contributed by atoms with Crippen LogP contribution < -0.4 is 10.1 Å². The molecular weight excluding hydrogens is 363 g/mol. The third kappa shape index (κ3) is 3.83. The van der Waals surface area contributed by atoms with E-state index in [1.54, 1.807) is 12.1 Å². The molecular formula is C19H13FN6O2. The standard InChI is InChI=1S/C19H13FN6O2/c20-15-8-4-5-9-17(15)28-19-21-10-13(11-22-19)24-18(27)16-12-23-26(25-16)14-6-2-1-3-7-14/h1-12H,(H,24,27). The van der Waals surface area contributed by atoms with Crippen LogP contribution >= 0.6 is 0 Å². The average molecular weight is 376 g/mol. The van der Waals surface area contributed by atoms with Crippen LogP contribution in [0.2, 0.25) is 0 Å². The molecule has 0 aliphatic heterocycles. The first-order valence-corrected chi connectivity index (χ1v) is 8.22. The summed E-state index contributed by atoms with van der Waals surface area (Å²) in [7, 11) is 0. The first kappa shape index (κ1) is 17.3. The summed E-state index contributed by atoms with van der Waals surface area (Å²) < 4.78 is 18.9. The lowest BCUT2D eigenvalue weighted by molar-refractivity contribution is 0.102. The highest BCUT2D eigenvalue weighted by Crippen LogP contribution is 2.21. The van der Waals surface area contributed by atoms with Crippen molar-refractivity contribution in [2.45, 2.75) is 0 Å². The summed E-state index contributed by atoms with van der Waals surface area (Å²) >= 11 is 0. The van der Waals surface area contributed by atoms with Crippen molar-refractivity contribution in [1.82, 2.24) is 25.0 Å². The quantitative estimate of drug-likeness (QED) is 0.575. The average Bonchev–Trinajstić information content (AvgIpc) is 3.22. The number of nitrogens with zero attached hydrogens (tertiary/aromatic N) is 5. The second-order valence-corrected chi connectivity index (χ2v) is 5.60. The molecule has 0 bridgehead atoms. The monoisotopic (exact) mass is 376 g/mol. The Bertz CT molecular complexity index is 1100. The van der Waals surface area contributed by atoms with Gasteiger partial charge in [-0.25, -0.2) is 14.4 Å². The summed E-state index contributed by atoms with van der Waals surface area (Å²) in [5, 5.41) is 10.8. The minimum atomic E-state index is -0.523. The van der Waals surface area contributed by atoms with Crippen LogP contribution in [0.15, 0.2) is 73.2 Å². The van der Waals surface area contributed by atoms with E-state index in [0.29, 0.717) is 5.69 Å². The first-order valence-electron chi connectivity index (χ1n) is 8.22. The van der Waals surface area contributed by atoms with Crippen LogP contribution in [0, 0.1) is 5.82 Å². The Balaban J connectivity index is 1.42. The topological polar surface area (TPSA) is 94.8 Å². The fourth-order valence-corrected chi connectivity index (χ4v) is 2.31. The van der Waals surface area contributed by atoms with E-state index in [4.69, 9.17) is 4.74 Å². The van der Waals surface area contributed by atoms with Crippen LogP contribution in [-0.4, -0.2) is 30.9 Å². The molecule has 4 rings (SSSR count). The van der Waals surface area contributed by atoms with Gasteiger partial charge in [0.1, 0.15) is 0 Å². The van der Waals surface area contributed by atoms with Gasteiger partial charge < -0.3 is 10.1 Å². The third-order valence-electron chi connectivity index (χ3n) is 3.64. The summed E-state index contributed by atoms with van der Waals surface area (Å²) in [6.07, 6.45) is 4.06. The lowest BCUT2D eigenvalue weighted by atomic mass is 10.3. The van der Waals surface area contributed by atoms with E-state index in [9.17, 15) is 9.18 Å². The molecule has 0 aliphatic carbocycles. The van der Waals surface area contributed by atoms with E-state index in [0.717, 1.165) is 5.69 Å². The third-order valence-corrected chi connectivity index (χ3v) is 3.64. The lowest BCUT2D eigenvalue weighted by Gasteiger charge is -2.06. The van der Waals surface area contributed by atoms with E-state index in [1.165, 1.54) is 35.5 Å². The Kier molecular flexibility index (Phi) is 4.70. The largest absolute Gasteiger partial charge is 0.421 e. The number of aromatic nitrogens is 5. The van der Waals surface area contributed by atoms with E-state index in [1.807, 2.05) is 30.3 Å². The number of hydrogen-bond donors (Lipinski definition) is 1. The number of hydrogen-bond acceptors (Lipinski definition) is 6. The van der Waals surface area contributed by atoms with Gasteiger partial charge in [-0.3, -0.25) is 4.79 Å². The predicted octanol–water partition coefficient (Wildman–Crippen LogP) is 3.24. The maximum atomic E-state index is 13.6. The lowest BCUT2D eigenvalue weighted by Crippen LogP contribution is -2.13. The highest BCUT2D eigenvalue weighted by molar-refractivity contribution is 6.02. The number of para-hydroxylation sites is 2. The molecule has 0 aliphatic rings. The zero-order chi connectivity index (χ0) is 19.3. The highest BCUT2D eigenvalue weighted by atomic mass is 19.1. The van der Waals surface area contributed by atoms with Crippen LogP contribution in [0.4, 0.5) is 10.1 Å². The molecule has 2 aromatic heterocycles. The number of nitrogens with one attached hydrogen (secondary N) is 1. The van der Waals surface area contributed by atoms with Crippen molar-refractivity contribution >= 4 is 11.6 Å². The van der Waals surface area contributed by atoms with Gasteiger partial charge in [0.05, 0.1) is 30.0 Å². The second kappa shape index (κ2) is 7.62. The number of anilines is 1. The number of carbonyl (C=O) groups is 1. The Morgan fingerprint density at radius 3 is 2.43 bits per heavy atom. The van der Waals surface area contributed by atoms with E-state index >= 15 is 0 Å². The molecule has 0 radical (unpaired) electrons. The number of rotatable bonds is 5. The van der Waals surface area contributed by atoms with E-state index < -0.39 is 11.7 Å². The summed E-state index contributed by atoms with van der Waals surface area (Å²) in [6.45, 7) is 0. The Hall–Kier alpha value is -4.14.